The Morgan fingerprint density at radius 2 is 1.94 bits per heavy atom. The van der Waals surface area contributed by atoms with Gasteiger partial charge >= 0.3 is 5.97 Å². The van der Waals surface area contributed by atoms with Crippen molar-refractivity contribution >= 4 is 51.7 Å². The fraction of sp³-hybridized carbons (Fsp3) is 0.478. The van der Waals surface area contributed by atoms with Crippen LogP contribution in [-0.2, 0) is 25.5 Å². The van der Waals surface area contributed by atoms with Crippen molar-refractivity contribution in [1.82, 2.24) is 4.98 Å². The molecule has 2 amide bonds. The number of nitrogens with zero attached hydrogens (tertiary/aromatic N) is 1. The van der Waals surface area contributed by atoms with Crippen LogP contribution in [0, 0.1) is 5.41 Å². The molecule has 0 bridgehead atoms. The molecule has 9 heteroatoms. The minimum atomic E-state index is -0.341. The Bertz CT molecular complexity index is 937. The number of nitrogens with one attached hydrogen (secondary N) is 2. The van der Waals surface area contributed by atoms with Gasteiger partial charge in [0.15, 0.2) is 5.13 Å². The van der Waals surface area contributed by atoms with E-state index in [-0.39, 0.29) is 34.9 Å². The molecule has 1 aromatic heterocycles. The molecule has 1 unspecified atom stereocenters. The van der Waals surface area contributed by atoms with E-state index >= 15 is 0 Å². The summed E-state index contributed by atoms with van der Waals surface area (Å²) < 4.78 is 4.92. The van der Waals surface area contributed by atoms with E-state index in [2.05, 4.69) is 15.6 Å². The van der Waals surface area contributed by atoms with Crippen LogP contribution < -0.4 is 10.6 Å². The molecule has 1 atom stereocenters. The topological polar surface area (TPSA) is 97.4 Å². The number of esters is 1. The summed E-state index contributed by atoms with van der Waals surface area (Å²) in [5.74, 6) is -0.532. The van der Waals surface area contributed by atoms with Crippen LogP contribution in [0.1, 0.15) is 53.2 Å². The zero-order chi connectivity index (χ0) is 23.7. The van der Waals surface area contributed by atoms with Crippen molar-refractivity contribution in [3.8, 4) is 0 Å². The summed E-state index contributed by atoms with van der Waals surface area (Å²) in [5, 5.41) is 7.63. The maximum atomic E-state index is 12.8. The maximum absolute atomic E-state index is 12.8. The van der Waals surface area contributed by atoms with Crippen LogP contribution >= 0.6 is 23.1 Å². The molecule has 174 valence electrons. The fourth-order valence-corrected chi connectivity index (χ4v) is 4.54. The Kier molecular flexibility index (Phi) is 9.71. The molecule has 0 aliphatic rings. The highest BCUT2D eigenvalue weighted by Gasteiger charge is 2.20. The van der Waals surface area contributed by atoms with Crippen LogP contribution in [0.2, 0.25) is 0 Å². The number of thioether (sulfide) groups is 1. The van der Waals surface area contributed by atoms with Gasteiger partial charge in [-0.25, -0.2) is 4.98 Å². The predicted octanol–water partition coefficient (Wildman–Crippen LogP) is 5.13. The number of hydrogen-bond donors (Lipinski definition) is 2. The van der Waals surface area contributed by atoms with Crippen LogP contribution in [0.4, 0.5) is 10.8 Å². The normalized spacial score (nSPS) is 12.2. The highest BCUT2D eigenvalue weighted by Crippen LogP contribution is 2.29. The Hall–Kier alpha value is -2.39. The van der Waals surface area contributed by atoms with Gasteiger partial charge in [-0.15, -0.1) is 23.1 Å². The highest BCUT2D eigenvalue weighted by atomic mass is 32.2. The molecule has 0 spiro atoms. The van der Waals surface area contributed by atoms with Crippen LogP contribution in [0.15, 0.2) is 34.5 Å². The number of benzene rings is 1. The molecular formula is C23H31N3O4S2. The molecule has 1 aromatic carbocycles. The average Bonchev–Trinajstić information content (AvgIpc) is 3.11. The van der Waals surface area contributed by atoms with Crippen LogP contribution in [0.25, 0.3) is 0 Å². The molecule has 7 nitrogen and oxygen atoms in total. The van der Waals surface area contributed by atoms with Gasteiger partial charge in [0.25, 0.3) is 0 Å². The van der Waals surface area contributed by atoms with E-state index in [4.69, 9.17) is 4.74 Å². The molecule has 0 saturated carbocycles. The van der Waals surface area contributed by atoms with E-state index in [0.29, 0.717) is 36.0 Å². The fourth-order valence-electron chi connectivity index (χ4n) is 2.81. The molecule has 0 fully saturated rings. The Balaban J connectivity index is 1.96. The van der Waals surface area contributed by atoms with Crippen LogP contribution in [0.5, 0.6) is 0 Å². The Morgan fingerprint density at radius 3 is 2.59 bits per heavy atom. The average molecular weight is 478 g/mol. The molecule has 1 heterocycles. The first-order valence-electron chi connectivity index (χ1n) is 10.6. The summed E-state index contributed by atoms with van der Waals surface area (Å²) in [5.41, 5.74) is 1.19. The van der Waals surface area contributed by atoms with Crippen molar-refractivity contribution in [3.05, 3.63) is 35.3 Å². The molecule has 0 aliphatic heterocycles. The third kappa shape index (κ3) is 9.00. The smallest absolute Gasteiger partial charge is 0.311 e. The summed E-state index contributed by atoms with van der Waals surface area (Å²) in [6.07, 6.45) is 1.13. The number of hydrogen-bond acceptors (Lipinski definition) is 7. The number of carbonyl (C=O) groups excluding carboxylic acids is 3. The van der Waals surface area contributed by atoms with Gasteiger partial charge in [0.2, 0.25) is 11.8 Å². The summed E-state index contributed by atoms with van der Waals surface area (Å²) in [6.45, 7) is 10.1. The largest absolute Gasteiger partial charge is 0.466 e. The first-order valence-corrected chi connectivity index (χ1v) is 12.3. The molecule has 0 aliphatic carbocycles. The summed E-state index contributed by atoms with van der Waals surface area (Å²) in [7, 11) is 0. The number of thiazole rings is 1. The van der Waals surface area contributed by atoms with Crippen LogP contribution in [-0.4, -0.2) is 34.6 Å². The van der Waals surface area contributed by atoms with E-state index < -0.39 is 0 Å². The number of anilines is 2. The molecule has 2 aromatic rings. The van der Waals surface area contributed by atoms with Gasteiger partial charge in [-0.3, -0.25) is 14.4 Å². The van der Waals surface area contributed by atoms with Gasteiger partial charge in [-0.2, -0.15) is 0 Å². The minimum absolute atomic E-state index is 0.0353. The van der Waals surface area contributed by atoms with Crippen molar-refractivity contribution < 1.29 is 19.1 Å². The van der Waals surface area contributed by atoms with Gasteiger partial charge in [-0.1, -0.05) is 33.8 Å². The van der Waals surface area contributed by atoms with E-state index in [1.54, 1.807) is 12.3 Å². The molecule has 0 radical (unpaired) electrons. The molecule has 2 rings (SSSR count). The zero-order valence-electron chi connectivity index (χ0n) is 19.2. The predicted molar refractivity (Wildman–Crippen MR) is 130 cm³/mol. The van der Waals surface area contributed by atoms with E-state index in [0.717, 1.165) is 4.90 Å². The lowest BCUT2D eigenvalue weighted by atomic mass is 9.92. The monoisotopic (exact) mass is 477 g/mol. The van der Waals surface area contributed by atoms with Gasteiger partial charge in [0, 0.05) is 22.4 Å². The lowest BCUT2D eigenvalue weighted by Crippen LogP contribution is -2.24. The van der Waals surface area contributed by atoms with Crippen molar-refractivity contribution in [2.45, 2.75) is 64.0 Å². The molecule has 0 saturated heterocycles. The highest BCUT2D eigenvalue weighted by molar-refractivity contribution is 8.00. The van der Waals surface area contributed by atoms with Crippen molar-refractivity contribution in [3.63, 3.8) is 0 Å². The first-order chi connectivity index (χ1) is 15.1. The summed E-state index contributed by atoms with van der Waals surface area (Å²) in [6, 6.07) is 7.50. The quantitative estimate of drug-likeness (QED) is 0.364. The lowest BCUT2D eigenvalue weighted by Gasteiger charge is -2.18. The second kappa shape index (κ2) is 12.0. The number of amides is 2. The molecular weight excluding hydrogens is 446 g/mol. The van der Waals surface area contributed by atoms with E-state index in [9.17, 15) is 14.4 Å². The standard InChI is InChI=1S/C23H31N3O4S2/c1-6-18(21(29)26-22-25-16(14-31-22)12-20(28)30-7-2)32-17-10-8-9-15(11-17)24-19(27)13-23(3,4)5/h8-11,14,18H,6-7,12-13H2,1-5H3,(H,24,27)(H,25,26,29). The zero-order valence-corrected chi connectivity index (χ0v) is 20.8. The lowest BCUT2D eigenvalue weighted by molar-refractivity contribution is -0.142. The van der Waals surface area contributed by atoms with Crippen LogP contribution in [0.3, 0.4) is 0 Å². The van der Waals surface area contributed by atoms with E-state index in [1.807, 2.05) is 52.0 Å². The minimum Gasteiger partial charge on any atom is -0.466 e. The molecule has 32 heavy (non-hydrogen) atoms. The van der Waals surface area contributed by atoms with Gasteiger partial charge < -0.3 is 15.4 Å². The van der Waals surface area contributed by atoms with Gasteiger partial charge in [0.1, 0.15) is 0 Å². The molecule has 2 N–H and O–H groups in total. The maximum Gasteiger partial charge on any atom is 0.311 e. The summed E-state index contributed by atoms with van der Waals surface area (Å²) >= 11 is 2.71. The number of carbonyl (C=O) groups is 3. The Morgan fingerprint density at radius 1 is 1.19 bits per heavy atom. The SMILES string of the molecule is CCOC(=O)Cc1csc(NC(=O)C(CC)Sc2cccc(NC(=O)CC(C)(C)C)c2)n1. The van der Waals surface area contributed by atoms with Crippen molar-refractivity contribution in [2.75, 3.05) is 17.2 Å². The first kappa shape index (κ1) is 25.9. The number of ether oxygens (including phenoxy) is 1. The Labute approximate surface area is 197 Å². The van der Waals surface area contributed by atoms with Crippen molar-refractivity contribution in [1.29, 1.82) is 0 Å². The second-order valence-corrected chi connectivity index (χ2v) is 10.6. The summed E-state index contributed by atoms with van der Waals surface area (Å²) in [4.78, 5) is 41.8. The van der Waals surface area contributed by atoms with Gasteiger partial charge in [0.05, 0.1) is 24.0 Å². The van der Waals surface area contributed by atoms with E-state index in [1.165, 1.54) is 23.1 Å². The number of aromatic nitrogens is 1. The third-order valence-corrected chi connectivity index (χ3v) is 6.33. The van der Waals surface area contributed by atoms with Gasteiger partial charge in [-0.05, 0) is 37.0 Å². The second-order valence-electron chi connectivity index (χ2n) is 8.44. The van der Waals surface area contributed by atoms with Crippen molar-refractivity contribution in [2.24, 2.45) is 5.41 Å². The number of rotatable bonds is 10. The third-order valence-electron chi connectivity index (χ3n) is 4.16.